The zero-order valence-electron chi connectivity index (χ0n) is 11.8. The molecule has 0 aliphatic carbocycles. The van der Waals surface area contributed by atoms with E-state index in [-0.39, 0.29) is 12.1 Å². The number of H-pyrrole nitrogens is 2. The van der Waals surface area contributed by atoms with E-state index in [9.17, 15) is 9.90 Å². The molecule has 0 saturated heterocycles. The van der Waals surface area contributed by atoms with Gasteiger partial charge in [0.15, 0.2) is 0 Å². The number of hydrogen-bond acceptors (Lipinski definition) is 6. The van der Waals surface area contributed by atoms with Crippen molar-refractivity contribution in [2.45, 2.75) is 12.5 Å². The highest BCUT2D eigenvalue weighted by Gasteiger charge is 2.09. The van der Waals surface area contributed by atoms with Crippen LogP contribution in [-0.4, -0.2) is 47.2 Å². The molecular weight excluding hydrogens is 276 g/mol. The molecule has 0 saturated carbocycles. The number of aromatic nitrogens is 3. The maximum absolute atomic E-state index is 10.9. The molecule has 0 amide bonds. The first kappa shape index (κ1) is 14.9. The lowest BCUT2D eigenvalue weighted by Gasteiger charge is -2.13. The van der Waals surface area contributed by atoms with Crippen LogP contribution in [0.5, 0.6) is 11.5 Å². The van der Waals surface area contributed by atoms with Crippen LogP contribution in [0.25, 0.3) is 0 Å². The lowest BCUT2D eigenvalue weighted by Crippen LogP contribution is -2.22. The molecule has 0 spiro atoms. The molecule has 114 valence electrons. The van der Waals surface area contributed by atoms with Crippen LogP contribution >= 0.6 is 0 Å². The Bertz CT molecular complexity index is 615. The summed E-state index contributed by atoms with van der Waals surface area (Å²) in [6.07, 6.45) is -0.450. The number of benzene rings is 1. The Labute approximate surface area is 121 Å². The van der Waals surface area contributed by atoms with Gasteiger partial charge in [0.25, 0.3) is 0 Å². The first-order chi connectivity index (χ1) is 10.1. The van der Waals surface area contributed by atoms with E-state index in [2.05, 4.69) is 20.5 Å². The summed E-state index contributed by atoms with van der Waals surface area (Å²) in [6.45, 7) is 0.297. The number of methoxy groups -OCH3 is 2. The lowest BCUT2D eigenvalue weighted by molar-refractivity contribution is 0.185. The van der Waals surface area contributed by atoms with Gasteiger partial charge in [-0.05, 0) is 0 Å². The molecule has 1 heterocycles. The highest BCUT2D eigenvalue weighted by molar-refractivity contribution is 5.53. The minimum Gasteiger partial charge on any atom is -0.497 e. The number of nitrogens with zero attached hydrogens (tertiary/aromatic N) is 1. The number of anilines is 1. The minimum atomic E-state index is -0.693. The van der Waals surface area contributed by atoms with Gasteiger partial charge in [0.05, 0.1) is 20.3 Å². The van der Waals surface area contributed by atoms with Crippen LogP contribution < -0.4 is 20.5 Å². The van der Waals surface area contributed by atoms with Crippen molar-refractivity contribution in [3.05, 3.63) is 34.5 Å². The summed E-state index contributed by atoms with van der Waals surface area (Å²) in [5.74, 6) is 1.73. The van der Waals surface area contributed by atoms with Gasteiger partial charge >= 0.3 is 5.69 Å². The third kappa shape index (κ3) is 4.25. The SMILES string of the molecule is COc1cc(NCC(O)Cc2n[nH]c(=O)[nH]2)cc(OC)c1. The molecule has 0 aliphatic rings. The van der Waals surface area contributed by atoms with Crippen molar-refractivity contribution in [1.82, 2.24) is 15.2 Å². The molecule has 0 fully saturated rings. The normalized spacial score (nSPS) is 12.0. The fraction of sp³-hybridized carbons (Fsp3) is 0.385. The van der Waals surface area contributed by atoms with Crippen molar-refractivity contribution in [3.8, 4) is 11.5 Å². The van der Waals surface area contributed by atoms with Crippen LogP contribution in [0.15, 0.2) is 23.0 Å². The average Bonchev–Trinajstić information content (AvgIpc) is 2.89. The van der Waals surface area contributed by atoms with Gasteiger partial charge in [0.2, 0.25) is 0 Å². The van der Waals surface area contributed by atoms with Crippen molar-refractivity contribution < 1.29 is 14.6 Å². The predicted octanol–water partition coefficient (Wildman–Crippen LogP) is 0.131. The summed E-state index contributed by atoms with van der Waals surface area (Å²) in [5.41, 5.74) is 0.378. The number of aliphatic hydroxyl groups is 1. The Morgan fingerprint density at radius 2 is 1.95 bits per heavy atom. The topological polar surface area (TPSA) is 112 Å². The molecular formula is C13H18N4O4. The van der Waals surface area contributed by atoms with Crippen LogP contribution in [0.3, 0.4) is 0 Å². The predicted molar refractivity (Wildman–Crippen MR) is 77.0 cm³/mol. The monoisotopic (exact) mass is 294 g/mol. The van der Waals surface area contributed by atoms with Crippen molar-refractivity contribution in [1.29, 1.82) is 0 Å². The van der Waals surface area contributed by atoms with Crippen molar-refractivity contribution in [3.63, 3.8) is 0 Å². The van der Waals surface area contributed by atoms with E-state index in [1.807, 2.05) is 0 Å². The smallest absolute Gasteiger partial charge is 0.340 e. The molecule has 8 heteroatoms. The van der Waals surface area contributed by atoms with Crippen LogP contribution in [0.2, 0.25) is 0 Å². The van der Waals surface area contributed by atoms with Crippen LogP contribution in [0, 0.1) is 0 Å². The summed E-state index contributed by atoms with van der Waals surface area (Å²) < 4.78 is 10.3. The summed E-state index contributed by atoms with van der Waals surface area (Å²) in [4.78, 5) is 13.4. The highest BCUT2D eigenvalue weighted by Crippen LogP contribution is 2.25. The van der Waals surface area contributed by atoms with E-state index in [1.165, 1.54) is 0 Å². The Balaban J connectivity index is 1.94. The van der Waals surface area contributed by atoms with Gasteiger partial charge in [-0.2, -0.15) is 5.10 Å². The first-order valence-electron chi connectivity index (χ1n) is 6.39. The number of aliphatic hydroxyl groups excluding tert-OH is 1. The largest absolute Gasteiger partial charge is 0.497 e. The van der Waals surface area contributed by atoms with Gasteiger partial charge in [-0.1, -0.05) is 0 Å². The Morgan fingerprint density at radius 1 is 1.29 bits per heavy atom. The fourth-order valence-electron chi connectivity index (χ4n) is 1.84. The summed E-state index contributed by atoms with van der Waals surface area (Å²) in [7, 11) is 3.14. The van der Waals surface area contributed by atoms with Gasteiger partial charge < -0.3 is 19.9 Å². The van der Waals surface area contributed by atoms with Gasteiger partial charge in [0.1, 0.15) is 17.3 Å². The van der Waals surface area contributed by atoms with E-state index in [0.717, 1.165) is 5.69 Å². The van der Waals surface area contributed by atoms with Crippen LogP contribution in [0.4, 0.5) is 5.69 Å². The van der Waals surface area contributed by atoms with E-state index >= 15 is 0 Å². The molecule has 0 radical (unpaired) electrons. The fourth-order valence-corrected chi connectivity index (χ4v) is 1.84. The van der Waals surface area contributed by atoms with Gasteiger partial charge in [0, 0.05) is 36.9 Å². The van der Waals surface area contributed by atoms with Crippen molar-refractivity contribution in [2.75, 3.05) is 26.1 Å². The molecule has 1 aromatic heterocycles. The molecule has 2 rings (SSSR count). The zero-order chi connectivity index (χ0) is 15.2. The molecule has 1 unspecified atom stereocenters. The Kier molecular flexibility index (Phi) is 4.83. The number of rotatable bonds is 7. The number of aromatic amines is 2. The second kappa shape index (κ2) is 6.80. The van der Waals surface area contributed by atoms with Gasteiger partial charge in [-0.15, -0.1) is 0 Å². The molecule has 0 aliphatic heterocycles. The van der Waals surface area contributed by atoms with Gasteiger partial charge in [-0.3, -0.25) is 4.98 Å². The molecule has 4 N–H and O–H groups in total. The standard InChI is InChI=1S/C13H18N4O4/c1-20-10-3-8(4-11(6-10)21-2)14-7-9(18)5-12-15-13(19)17-16-12/h3-4,6,9,14,18H,5,7H2,1-2H3,(H2,15,16,17,19). The Morgan fingerprint density at radius 3 is 2.48 bits per heavy atom. The molecule has 0 bridgehead atoms. The van der Waals surface area contributed by atoms with Gasteiger partial charge in [-0.25, -0.2) is 9.89 Å². The van der Waals surface area contributed by atoms with E-state index in [0.29, 0.717) is 23.9 Å². The molecule has 8 nitrogen and oxygen atoms in total. The first-order valence-corrected chi connectivity index (χ1v) is 6.39. The molecule has 21 heavy (non-hydrogen) atoms. The maximum atomic E-state index is 10.9. The average molecular weight is 294 g/mol. The lowest BCUT2D eigenvalue weighted by atomic mass is 10.2. The van der Waals surface area contributed by atoms with E-state index in [1.54, 1.807) is 32.4 Å². The summed E-state index contributed by atoms with van der Waals surface area (Å²) >= 11 is 0. The highest BCUT2D eigenvalue weighted by atomic mass is 16.5. The Hall–Kier alpha value is -2.48. The molecule has 2 aromatic rings. The second-order valence-corrected chi connectivity index (χ2v) is 4.46. The third-order valence-corrected chi connectivity index (χ3v) is 2.87. The van der Waals surface area contributed by atoms with Crippen molar-refractivity contribution >= 4 is 5.69 Å². The second-order valence-electron chi connectivity index (χ2n) is 4.46. The van der Waals surface area contributed by atoms with E-state index < -0.39 is 6.10 Å². The third-order valence-electron chi connectivity index (χ3n) is 2.87. The van der Waals surface area contributed by atoms with Crippen LogP contribution in [0.1, 0.15) is 5.82 Å². The zero-order valence-corrected chi connectivity index (χ0v) is 11.8. The molecule has 1 atom stereocenters. The van der Waals surface area contributed by atoms with Crippen LogP contribution in [-0.2, 0) is 6.42 Å². The summed E-state index contributed by atoms with van der Waals surface area (Å²) in [6, 6.07) is 5.35. The number of ether oxygens (including phenoxy) is 2. The number of hydrogen-bond donors (Lipinski definition) is 4. The number of nitrogens with one attached hydrogen (secondary N) is 3. The van der Waals surface area contributed by atoms with Crippen molar-refractivity contribution in [2.24, 2.45) is 0 Å². The van der Waals surface area contributed by atoms with E-state index in [4.69, 9.17) is 9.47 Å². The molecule has 1 aromatic carbocycles. The quantitative estimate of drug-likeness (QED) is 0.577. The maximum Gasteiger partial charge on any atom is 0.340 e. The minimum absolute atomic E-state index is 0.243. The summed E-state index contributed by atoms with van der Waals surface area (Å²) in [5, 5.41) is 19.0.